The zero-order valence-corrected chi connectivity index (χ0v) is 12.0. The molecule has 1 N–H and O–H groups in total. The Hall–Kier alpha value is -1.23. The van der Waals surface area contributed by atoms with Crippen LogP contribution in [0.4, 0.5) is 13.2 Å². The number of hydrogen-bond donors (Lipinski definition) is 1. The number of unbranched alkanes of at least 4 members (excludes halogenated alkanes) is 1. The molecule has 0 aliphatic heterocycles. The molecule has 114 valence electrons. The van der Waals surface area contributed by atoms with E-state index in [4.69, 9.17) is 4.74 Å². The first-order chi connectivity index (χ1) is 9.42. The quantitative estimate of drug-likeness (QED) is 0.732. The first-order valence-corrected chi connectivity index (χ1v) is 6.84. The van der Waals surface area contributed by atoms with Gasteiger partial charge in [0.05, 0.1) is 7.11 Å². The number of para-hydroxylation sites is 1. The maximum absolute atomic E-state index is 12.0. The van der Waals surface area contributed by atoms with Crippen molar-refractivity contribution in [1.29, 1.82) is 0 Å². The maximum Gasteiger partial charge on any atom is 0.389 e. The molecule has 0 fully saturated rings. The second-order valence-corrected chi connectivity index (χ2v) is 4.94. The van der Waals surface area contributed by atoms with Gasteiger partial charge in [0.2, 0.25) is 0 Å². The molecule has 1 atom stereocenters. The first-order valence-electron chi connectivity index (χ1n) is 6.84. The predicted molar refractivity (Wildman–Crippen MR) is 74.1 cm³/mol. The van der Waals surface area contributed by atoms with E-state index in [9.17, 15) is 13.2 Å². The van der Waals surface area contributed by atoms with Crippen molar-refractivity contribution in [2.75, 3.05) is 13.7 Å². The lowest BCUT2D eigenvalue weighted by molar-refractivity contribution is -0.135. The lowest BCUT2D eigenvalue weighted by Crippen LogP contribution is -2.29. The monoisotopic (exact) mass is 289 g/mol. The van der Waals surface area contributed by atoms with E-state index in [2.05, 4.69) is 5.32 Å². The van der Waals surface area contributed by atoms with Crippen molar-refractivity contribution in [3.05, 3.63) is 29.8 Å². The molecule has 1 rings (SSSR count). The molecular weight excluding hydrogens is 267 g/mol. The highest BCUT2D eigenvalue weighted by Crippen LogP contribution is 2.22. The molecule has 1 unspecified atom stereocenters. The zero-order chi connectivity index (χ0) is 15.0. The van der Waals surface area contributed by atoms with Gasteiger partial charge in [0, 0.05) is 12.5 Å². The minimum absolute atomic E-state index is 0.178. The fourth-order valence-corrected chi connectivity index (χ4v) is 2.07. The molecule has 0 saturated heterocycles. The van der Waals surface area contributed by atoms with Gasteiger partial charge in [0.25, 0.3) is 0 Å². The van der Waals surface area contributed by atoms with Crippen molar-refractivity contribution >= 4 is 0 Å². The molecule has 0 bridgehead atoms. The molecule has 0 aromatic heterocycles. The van der Waals surface area contributed by atoms with Crippen LogP contribution in [0.2, 0.25) is 0 Å². The van der Waals surface area contributed by atoms with Crippen LogP contribution in [-0.4, -0.2) is 25.9 Å². The van der Waals surface area contributed by atoms with Crippen molar-refractivity contribution in [1.82, 2.24) is 5.32 Å². The second kappa shape index (κ2) is 8.15. The lowest BCUT2D eigenvalue weighted by atomic mass is 10.1. The van der Waals surface area contributed by atoms with E-state index in [1.54, 1.807) is 7.11 Å². The van der Waals surface area contributed by atoms with Crippen molar-refractivity contribution in [2.45, 2.75) is 44.8 Å². The summed E-state index contributed by atoms with van der Waals surface area (Å²) in [5.74, 6) is 0.846. The smallest absolute Gasteiger partial charge is 0.389 e. The molecule has 1 aromatic rings. The summed E-state index contributed by atoms with van der Waals surface area (Å²) in [6, 6.07) is 7.98. The van der Waals surface area contributed by atoms with E-state index >= 15 is 0 Å². The van der Waals surface area contributed by atoms with Gasteiger partial charge in [-0.25, -0.2) is 0 Å². The highest BCUT2D eigenvalue weighted by Gasteiger charge is 2.25. The van der Waals surface area contributed by atoms with Crippen molar-refractivity contribution in [3.63, 3.8) is 0 Å². The van der Waals surface area contributed by atoms with Gasteiger partial charge < -0.3 is 10.1 Å². The molecule has 0 aliphatic rings. The van der Waals surface area contributed by atoms with Crippen LogP contribution < -0.4 is 10.1 Å². The third-order valence-corrected chi connectivity index (χ3v) is 3.10. The largest absolute Gasteiger partial charge is 0.496 e. The molecule has 20 heavy (non-hydrogen) atoms. The Bertz CT molecular complexity index is 393. The average molecular weight is 289 g/mol. The summed E-state index contributed by atoms with van der Waals surface area (Å²) in [7, 11) is 1.63. The van der Waals surface area contributed by atoms with Crippen LogP contribution >= 0.6 is 0 Å². The molecular formula is C15H22F3NO. The first kappa shape index (κ1) is 16.8. The minimum atomic E-state index is -4.04. The Morgan fingerprint density at radius 2 is 1.90 bits per heavy atom. The van der Waals surface area contributed by atoms with Gasteiger partial charge in [0.15, 0.2) is 0 Å². The van der Waals surface area contributed by atoms with Crippen LogP contribution in [0.5, 0.6) is 5.75 Å². The van der Waals surface area contributed by atoms with Crippen LogP contribution in [0.3, 0.4) is 0 Å². The topological polar surface area (TPSA) is 21.3 Å². The molecule has 2 nitrogen and oxygen atoms in total. The molecule has 0 aliphatic carbocycles. The lowest BCUT2D eigenvalue weighted by Gasteiger charge is -2.16. The molecule has 0 amide bonds. The Morgan fingerprint density at radius 1 is 1.20 bits per heavy atom. The van der Waals surface area contributed by atoms with E-state index < -0.39 is 12.6 Å². The van der Waals surface area contributed by atoms with E-state index in [0.29, 0.717) is 13.0 Å². The third-order valence-electron chi connectivity index (χ3n) is 3.10. The van der Waals surface area contributed by atoms with Gasteiger partial charge >= 0.3 is 6.18 Å². The van der Waals surface area contributed by atoms with Gasteiger partial charge in [-0.2, -0.15) is 13.2 Å². The van der Waals surface area contributed by atoms with Crippen LogP contribution in [0, 0.1) is 0 Å². The number of alkyl halides is 3. The minimum Gasteiger partial charge on any atom is -0.496 e. The molecule has 5 heteroatoms. The predicted octanol–water partition coefficient (Wildman–Crippen LogP) is 3.95. The van der Waals surface area contributed by atoms with E-state index in [-0.39, 0.29) is 12.5 Å². The Balaban J connectivity index is 2.25. The number of rotatable bonds is 8. The van der Waals surface area contributed by atoms with Gasteiger partial charge in [-0.1, -0.05) is 18.2 Å². The SMILES string of the molecule is COc1ccccc1CC(C)NCCCCC(F)(F)F. The van der Waals surface area contributed by atoms with Gasteiger partial charge in [-0.3, -0.25) is 0 Å². The molecule has 1 aromatic carbocycles. The maximum atomic E-state index is 12.0. The molecule has 0 saturated carbocycles. The summed E-state index contributed by atoms with van der Waals surface area (Å²) in [5.41, 5.74) is 1.10. The zero-order valence-electron chi connectivity index (χ0n) is 12.0. The summed E-state index contributed by atoms with van der Waals surface area (Å²) in [5, 5.41) is 3.25. The standard InChI is InChI=1S/C15H22F3NO/c1-12(19-10-6-5-9-15(16,17)18)11-13-7-3-4-8-14(13)20-2/h3-4,7-8,12,19H,5-6,9-11H2,1-2H3. The van der Waals surface area contributed by atoms with Crippen molar-refractivity contribution in [2.24, 2.45) is 0 Å². The third kappa shape index (κ3) is 6.80. The Kier molecular flexibility index (Phi) is 6.85. The van der Waals surface area contributed by atoms with Crippen molar-refractivity contribution < 1.29 is 17.9 Å². The normalized spacial score (nSPS) is 13.2. The summed E-state index contributed by atoms with van der Waals surface area (Å²) < 4.78 is 41.2. The van der Waals surface area contributed by atoms with Crippen LogP contribution in [0.25, 0.3) is 0 Å². The van der Waals surface area contributed by atoms with Gasteiger partial charge in [0.1, 0.15) is 5.75 Å². The van der Waals surface area contributed by atoms with Gasteiger partial charge in [-0.05, 0) is 44.4 Å². The Morgan fingerprint density at radius 3 is 2.55 bits per heavy atom. The Labute approximate surface area is 118 Å². The summed E-state index contributed by atoms with van der Waals surface area (Å²) >= 11 is 0. The number of methoxy groups -OCH3 is 1. The summed E-state index contributed by atoms with van der Waals surface area (Å²) in [6.45, 7) is 2.63. The summed E-state index contributed by atoms with van der Waals surface area (Å²) in [6.07, 6.45) is -3.23. The fraction of sp³-hybridized carbons (Fsp3) is 0.600. The number of hydrogen-bond acceptors (Lipinski definition) is 2. The van der Waals surface area contributed by atoms with Crippen LogP contribution in [0.15, 0.2) is 24.3 Å². The average Bonchev–Trinajstić information content (AvgIpc) is 2.37. The number of ether oxygens (including phenoxy) is 1. The molecule has 0 heterocycles. The highest BCUT2D eigenvalue weighted by molar-refractivity contribution is 5.33. The van der Waals surface area contributed by atoms with E-state index in [1.807, 2.05) is 31.2 Å². The number of halogens is 3. The highest BCUT2D eigenvalue weighted by atomic mass is 19.4. The van der Waals surface area contributed by atoms with Gasteiger partial charge in [-0.15, -0.1) is 0 Å². The summed E-state index contributed by atoms with van der Waals surface area (Å²) in [4.78, 5) is 0. The number of benzene rings is 1. The van der Waals surface area contributed by atoms with E-state index in [0.717, 1.165) is 17.7 Å². The van der Waals surface area contributed by atoms with Crippen molar-refractivity contribution in [3.8, 4) is 5.75 Å². The van der Waals surface area contributed by atoms with Crippen LogP contribution in [0.1, 0.15) is 31.7 Å². The van der Waals surface area contributed by atoms with E-state index in [1.165, 1.54) is 0 Å². The fourth-order valence-electron chi connectivity index (χ4n) is 2.07. The molecule has 0 spiro atoms. The second-order valence-electron chi connectivity index (χ2n) is 4.94. The number of nitrogens with one attached hydrogen (secondary N) is 1. The molecule has 0 radical (unpaired) electrons. The van der Waals surface area contributed by atoms with Crippen LogP contribution in [-0.2, 0) is 6.42 Å².